The normalized spacial score (nSPS) is 11.2. The monoisotopic (exact) mass is 282 g/mol. The van der Waals surface area contributed by atoms with Crippen LogP contribution in [0.3, 0.4) is 0 Å². The van der Waals surface area contributed by atoms with E-state index in [4.69, 9.17) is 0 Å². The van der Waals surface area contributed by atoms with E-state index in [0.29, 0.717) is 0 Å². The van der Waals surface area contributed by atoms with E-state index < -0.39 is 0 Å². The zero-order valence-electron chi connectivity index (χ0n) is 9.37. The third-order valence-electron chi connectivity index (χ3n) is 2.32. The predicted octanol–water partition coefficient (Wildman–Crippen LogP) is 4.17. The van der Waals surface area contributed by atoms with E-state index in [0.717, 1.165) is 0 Å². The Morgan fingerprint density at radius 3 is 2.00 bits per heavy atom. The molecule has 0 nitrogen and oxygen atoms in total. The largest absolute Gasteiger partial charge is 0.304 e. The molecule has 75 valence electrons. The van der Waals surface area contributed by atoms with Gasteiger partial charge in [0.05, 0.1) is 0 Å². The Hall–Kier alpha value is 0.674. The molecule has 0 amide bonds. The summed E-state index contributed by atoms with van der Waals surface area (Å²) in [6.07, 6.45) is 0. The van der Waals surface area contributed by atoms with Gasteiger partial charge in [-0.15, -0.1) is 4.75 Å². The van der Waals surface area contributed by atoms with Crippen LogP contribution in [0.25, 0.3) is 0 Å². The molecule has 0 N–H and O–H groups in total. The second kappa shape index (κ2) is 6.30. The van der Waals surface area contributed by atoms with Gasteiger partial charge >= 0.3 is 0 Å². The molecule has 0 atom stereocenters. The summed E-state index contributed by atoms with van der Waals surface area (Å²) in [6.45, 7) is 8.91. The molecule has 0 aromatic heterocycles. The molecule has 1 aromatic rings. The van der Waals surface area contributed by atoms with Crippen LogP contribution >= 0.6 is 11.8 Å². The van der Waals surface area contributed by atoms with Crippen LogP contribution in [0.4, 0.5) is 0 Å². The number of hydrogen-bond acceptors (Lipinski definition) is 1. The predicted molar refractivity (Wildman–Crippen MR) is 61.0 cm³/mol. The van der Waals surface area contributed by atoms with E-state index >= 15 is 0 Å². The quantitative estimate of drug-likeness (QED) is 0.592. The zero-order valence-corrected chi connectivity index (χ0v) is 13.0. The molecule has 1 aromatic carbocycles. The van der Waals surface area contributed by atoms with Crippen LogP contribution in [-0.4, -0.2) is 4.75 Å². The van der Waals surface area contributed by atoms with Gasteiger partial charge in [-0.1, -0.05) is 32.0 Å². The number of thioether (sulfide) groups is 1. The Balaban J connectivity index is 0.00000169. The third-order valence-corrected chi connectivity index (χ3v) is 3.75. The van der Waals surface area contributed by atoms with Gasteiger partial charge in [0, 0.05) is 37.6 Å². The van der Waals surface area contributed by atoms with Crippen LogP contribution in [0.5, 0.6) is 0 Å². The summed E-state index contributed by atoms with van der Waals surface area (Å²) < 4.78 is 0.237. The van der Waals surface area contributed by atoms with Gasteiger partial charge in [-0.2, -0.15) is 25.6 Å². The van der Waals surface area contributed by atoms with Crippen molar-refractivity contribution in [2.75, 3.05) is 0 Å². The number of hydrogen-bond donors (Lipinski definition) is 0. The Morgan fingerprint density at radius 2 is 1.57 bits per heavy atom. The van der Waals surface area contributed by atoms with Crippen molar-refractivity contribution in [2.45, 2.75) is 37.3 Å². The minimum atomic E-state index is 0. The van der Waals surface area contributed by atoms with Crippen LogP contribution in [-0.2, 0) is 32.7 Å². The SMILES string of the molecule is C[C-](C)C(C)(C)Sc1ccccc1.[Y]. The number of rotatable bonds is 3. The maximum absolute atomic E-state index is 2.26. The molecule has 1 radical (unpaired) electrons. The fourth-order valence-electron chi connectivity index (χ4n) is 0.885. The van der Waals surface area contributed by atoms with Crippen molar-refractivity contribution in [1.29, 1.82) is 0 Å². The molecule has 1 rings (SSSR count). The maximum atomic E-state index is 2.26. The van der Waals surface area contributed by atoms with Crippen molar-refractivity contribution in [2.24, 2.45) is 0 Å². The first kappa shape index (κ1) is 14.7. The number of benzene rings is 1. The van der Waals surface area contributed by atoms with Crippen molar-refractivity contribution < 1.29 is 32.7 Å². The third kappa shape index (κ3) is 4.46. The maximum Gasteiger partial charge on any atom is 0.00510 e. The molecule has 0 bridgehead atoms. The molecular weight excluding hydrogens is 265 g/mol. The summed E-state index contributed by atoms with van der Waals surface area (Å²) in [5.41, 5.74) is 0. The first-order valence-electron chi connectivity index (χ1n) is 4.57. The molecule has 0 saturated carbocycles. The van der Waals surface area contributed by atoms with Crippen molar-refractivity contribution in [3.8, 4) is 0 Å². The molecule has 0 aliphatic rings. The van der Waals surface area contributed by atoms with Gasteiger partial charge in [0.25, 0.3) is 0 Å². The molecule has 0 fully saturated rings. The molecule has 0 saturated heterocycles. The smallest absolute Gasteiger partial charge is 0.00510 e. The molecule has 2 heteroatoms. The standard InChI is InChI=1S/C12H17S.Y/c1-10(2)12(3,4)13-11-8-6-5-7-9-11;/h5-9H,1-4H3;/q-1;. The Morgan fingerprint density at radius 1 is 1.07 bits per heavy atom. The van der Waals surface area contributed by atoms with Gasteiger partial charge in [-0.05, 0) is 12.1 Å². The van der Waals surface area contributed by atoms with E-state index in [2.05, 4.69) is 58.0 Å². The fraction of sp³-hybridized carbons (Fsp3) is 0.417. The van der Waals surface area contributed by atoms with Crippen molar-refractivity contribution in [3.05, 3.63) is 36.2 Å². The summed E-state index contributed by atoms with van der Waals surface area (Å²) in [4.78, 5) is 1.34. The molecule has 0 heterocycles. The topological polar surface area (TPSA) is 0 Å². The van der Waals surface area contributed by atoms with Gasteiger partial charge in [-0.3, -0.25) is 0 Å². The molecule has 14 heavy (non-hydrogen) atoms. The van der Waals surface area contributed by atoms with Crippen molar-refractivity contribution in [1.82, 2.24) is 0 Å². The zero-order chi connectivity index (χ0) is 9.90. The molecule has 0 spiro atoms. The second-order valence-electron chi connectivity index (χ2n) is 3.93. The molecule has 0 unspecified atom stereocenters. The van der Waals surface area contributed by atoms with Gasteiger partial charge in [0.2, 0.25) is 0 Å². The minimum Gasteiger partial charge on any atom is -0.304 e. The Bertz CT molecular complexity index is 254. The summed E-state index contributed by atoms with van der Waals surface area (Å²) >= 11 is 1.92. The molecule has 0 aliphatic carbocycles. The fourth-order valence-corrected chi connectivity index (χ4v) is 1.97. The minimum absolute atomic E-state index is 0. The van der Waals surface area contributed by atoms with E-state index in [9.17, 15) is 0 Å². The average molecular weight is 282 g/mol. The van der Waals surface area contributed by atoms with Crippen LogP contribution < -0.4 is 0 Å². The summed E-state index contributed by atoms with van der Waals surface area (Å²) in [7, 11) is 0. The summed E-state index contributed by atoms with van der Waals surface area (Å²) in [5.74, 6) is 1.46. The van der Waals surface area contributed by atoms with Crippen molar-refractivity contribution in [3.63, 3.8) is 0 Å². The van der Waals surface area contributed by atoms with Crippen LogP contribution in [0.1, 0.15) is 27.7 Å². The van der Waals surface area contributed by atoms with E-state index in [1.54, 1.807) is 0 Å². The van der Waals surface area contributed by atoms with Gasteiger partial charge in [0.15, 0.2) is 0 Å². The first-order chi connectivity index (χ1) is 6.02. The van der Waals surface area contributed by atoms with Gasteiger partial charge < -0.3 is 5.92 Å². The van der Waals surface area contributed by atoms with Gasteiger partial charge in [-0.25, -0.2) is 0 Å². The molecular formula is C12H17SY-. The first-order valence-corrected chi connectivity index (χ1v) is 5.39. The van der Waals surface area contributed by atoms with Crippen molar-refractivity contribution >= 4 is 11.8 Å². The Labute approximate surface area is 117 Å². The van der Waals surface area contributed by atoms with Crippen LogP contribution in [0, 0.1) is 5.92 Å². The molecule has 0 aliphatic heterocycles. The van der Waals surface area contributed by atoms with Crippen LogP contribution in [0.15, 0.2) is 35.2 Å². The Kier molecular flexibility index (Phi) is 6.60. The van der Waals surface area contributed by atoms with E-state index in [1.807, 2.05) is 11.8 Å². The van der Waals surface area contributed by atoms with Crippen LogP contribution in [0.2, 0.25) is 0 Å². The van der Waals surface area contributed by atoms with E-state index in [1.165, 1.54) is 10.8 Å². The second-order valence-corrected chi connectivity index (χ2v) is 5.62. The van der Waals surface area contributed by atoms with Gasteiger partial charge in [0.1, 0.15) is 0 Å². The summed E-state index contributed by atoms with van der Waals surface area (Å²) in [6, 6.07) is 10.6. The average Bonchev–Trinajstić information content (AvgIpc) is 2.05. The summed E-state index contributed by atoms with van der Waals surface area (Å²) in [5, 5.41) is 0. The van der Waals surface area contributed by atoms with E-state index in [-0.39, 0.29) is 37.5 Å².